The van der Waals surface area contributed by atoms with Crippen molar-refractivity contribution >= 4 is 0 Å². The molecule has 0 rings (SSSR count). The normalized spacial score (nSPS) is 14.3. The van der Waals surface area contributed by atoms with Crippen LogP contribution in [0.1, 0.15) is 68.7 Å². The molecule has 18 heavy (non-hydrogen) atoms. The molecule has 110 valence electrons. The molecule has 0 amide bonds. The van der Waals surface area contributed by atoms with Crippen molar-refractivity contribution in [2.75, 3.05) is 0 Å². The summed E-state index contributed by atoms with van der Waals surface area (Å²) in [5.74, 6) is 0.610. The fourth-order valence-electron chi connectivity index (χ4n) is 1.60. The van der Waals surface area contributed by atoms with E-state index in [1.807, 2.05) is 0 Å². The van der Waals surface area contributed by atoms with Crippen LogP contribution in [0, 0.1) is 5.92 Å². The first kappa shape index (κ1) is 17.8. The summed E-state index contributed by atoms with van der Waals surface area (Å²) in [4.78, 5) is 0. The van der Waals surface area contributed by atoms with Gasteiger partial charge in [0.2, 0.25) is 0 Å². The lowest BCUT2D eigenvalue weighted by molar-refractivity contribution is 0.134. The SMILES string of the molecule is CC(C)CC(C)(NNC(C)(C)C)NNC(C)(C)C. The quantitative estimate of drug-likeness (QED) is 0.437. The molecule has 4 heteroatoms. The molecule has 0 unspecified atom stereocenters. The van der Waals surface area contributed by atoms with Crippen LogP contribution in [0.15, 0.2) is 0 Å². The van der Waals surface area contributed by atoms with Crippen LogP contribution in [0.5, 0.6) is 0 Å². The minimum absolute atomic E-state index is 0.0433. The van der Waals surface area contributed by atoms with Gasteiger partial charge in [0.25, 0.3) is 0 Å². The average molecular weight is 258 g/mol. The minimum Gasteiger partial charge on any atom is -0.251 e. The van der Waals surface area contributed by atoms with Gasteiger partial charge in [-0.3, -0.25) is 10.9 Å². The van der Waals surface area contributed by atoms with Gasteiger partial charge in [-0.05, 0) is 60.8 Å². The van der Waals surface area contributed by atoms with Crippen molar-refractivity contribution in [1.82, 2.24) is 21.7 Å². The molecular weight excluding hydrogens is 224 g/mol. The van der Waals surface area contributed by atoms with Gasteiger partial charge in [0.1, 0.15) is 0 Å². The van der Waals surface area contributed by atoms with Crippen LogP contribution in [0.3, 0.4) is 0 Å². The smallest absolute Gasteiger partial charge is 0.0917 e. The van der Waals surface area contributed by atoms with Gasteiger partial charge in [-0.2, -0.15) is 0 Å². The topological polar surface area (TPSA) is 48.1 Å². The predicted molar refractivity (Wildman–Crippen MR) is 79.9 cm³/mol. The second-order valence-electron chi connectivity index (χ2n) is 7.93. The Balaban J connectivity index is 4.52. The van der Waals surface area contributed by atoms with Crippen molar-refractivity contribution in [2.45, 2.75) is 85.5 Å². The van der Waals surface area contributed by atoms with Crippen LogP contribution in [-0.2, 0) is 0 Å². The van der Waals surface area contributed by atoms with Crippen LogP contribution in [-0.4, -0.2) is 16.7 Å². The molecule has 4 nitrogen and oxygen atoms in total. The molecular formula is C14H34N4. The number of nitrogens with one attached hydrogen (secondary N) is 4. The molecule has 0 spiro atoms. The molecule has 4 N–H and O–H groups in total. The maximum atomic E-state index is 3.42. The van der Waals surface area contributed by atoms with Crippen molar-refractivity contribution in [2.24, 2.45) is 5.92 Å². The van der Waals surface area contributed by atoms with E-state index >= 15 is 0 Å². The Morgan fingerprint density at radius 3 is 1.22 bits per heavy atom. The minimum atomic E-state index is -0.186. The molecule has 0 aliphatic heterocycles. The number of rotatable bonds is 6. The van der Waals surface area contributed by atoms with Crippen molar-refractivity contribution in [1.29, 1.82) is 0 Å². The molecule has 0 radical (unpaired) electrons. The first-order valence-electron chi connectivity index (χ1n) is 6.92. The fraction of sp³-hybridized carbons (Fsp3) is 1.00. The third-order valence-corrected chi connectivity index (χ3v) is 2.24. The van der Waals surface area contributed by atoms with Crippen LogP contribution >= 0.6 is 0 Å². The van der Waals surface area contributed by atoms with Gasteiger partial charge in [0.05, 0.1) is 5.66 Å². The summed E-state index contributed by atoms with van der Waals surface area (Å²) in [6.07, 6.45) is 1.03. The monoisotopic (exact) mass is 258 g/mol. The predicted octanol–water partition coefficient (Wildman–Crippen LogP) is 2.53. The maximum absolute atomic E-state index is 3.42. The highest BCUT2D eigenvalue weighted by molar-refractivity contribution is 4.83. The molecule has 0 heterocycles. The largest absolute Gasteiger partial charge is 0.251 e. The molecule has 0 atom stereocenters. The Morgan fingerprint density at radius 2 is 1.00 bits per heavy atom. The Labute approximate surface area is 114 Å². The lowest BCUT2D eigenvalue weighted by Crippen LogP contribution is -2.68. The lowest BCUT2D eigenvalue weighted by atomic mass is 9.99. The summed E-state index contributed by atoms with van der Waals surface area (Å²) >= 11 is 0. The van der Waals surface area contributed by atoms with E-state index in [1.54, 1.807) is 0 Å². The first-order valence-corrected chi connectivity index (χ1v) is 6.92. The summed E-state index contributed by atoms with van der Waals surface area (Å²) in [5, 5.41) is 0. The third-order valence-electron chi connectivity index (χ3n) is 2.24. The molecule has 0 bridgehead atoms. The highest BCUT2D eigenvalue weighted by Gasteiger charge is 2.27. The maximum Gasteiger partial charge on any atom is 0.0917 e. The molecule has 0 saturated carbocycles. The van der Waals surface area contributed by atoms with Crippen LogP contribution in [0.2, 0.25) is 0 Å². The van der Waals surface area contributed by atoms with E-state index < -0.39 is 0 Å². The molecule has 0 aliphatic carbocycles. The summed E-state index contributed by atoms with van der Waals surface area (Å²) in [7, 11) is 0. The Bertz CT molecular complexity index is 217. The highest BCUT2D eigenvalue weighted by Crippen LogP contribution is 2.14. The second kappa shape index (κ2) is 6.33. The number of hydrogen-bond acceptors (Lipinski definition) is 4. The average Bonchev–Trinajstić information content (AvgIpc) is 2.09. The highest BCUT2D eigenvalue weighted by atomic mass is 15.6. The van der Waals surface area contributed by atoms with E-state index in [9.17, 15) is 0 Å². The zero-order valence-electron chi connectivity index (χ0n) is 13.8. The summed E-state index contributed by atoms with van der Waals surface area (Å²) in [6, 6.07) is 0. The van der Waals surface area contributed by atoms with Gasteiger partial charge >= 0.3 is 0 Å². The van der Waals surface area contributed by atoms with Crippen LogP contribution < -0.4 is 21.7 Å². The van der Waals surface area contributed by atoms with Gasteiger partial charge in [0, 0.05) is 11.1 Å². The molecule has 0 aromatic carbocycles. The van der Waals surface area contributed by atoms with E-state index in [4.69, 9.17) is 0 Å². The Hall–Kier alpha value is -0.160. The Morgan fingerprint density at radius 1 is 0.667 bits per heavy atom. The second-order valence-corrected chi connectivity index (χ2v) is 7.93. The van der Waals surface area contributed by atoms with Crippen molar-refractivity contribution in [3.63, 3.8) is 0 Å². The lowest BCUT2D eigenvalue weighted by Gasteiger charge is -2.39. The van der Waals surface area contributed by atoms with Gasteiger partial charge < -0.3 is 0 Å². The molecule has 0 aliphatic rings. The van der Waals surface area contributed by atoms with Gasteiger partial charge in [0.15, 0.2) is 0 Å². The van der Waals surface area contributed by atoms with Gasteiger partial charge in [-0.25, -0.2) is 10.9 Å². The first-order chi connectivity index (χ1) is 7.83. The molecule has 0 saturated heterocycles. The van der Waals surface area contributed by atoms with Crippen LogP contribution in [0.4, 0.5) is 0 Å². The summed E-state index contributed by atoms with van der Waals surface area (Å²) < 4.78 is 0. The van der Waals surface area contributed by atoms with Crippen molar-refractivity contribution in [3.8, 4) is 0 Å². The molecule has 0 aromatic rings. The zero-order valence-corrected chi connectivity index (χ0v) is 13.8. The van der Waals surface area contributed by atoms with Gasteiger partial charge in [-0.1, -0.05) is 13.8 Å². The van der Waals surface area contributed by atoms with Gasteiger partial charge in [-0.15, -0.1) is 0 Å². The number of hydrazine groups is 2. The summed E-state index contributed by atoms with van der Waals surface area (Å²) in [6.45, 7) is 19.5. The number of hydrogen-bond donors (Lipinski definition) is 4. The van der Waals surface area contributed by atoms with Crippen molar-refractivity contribution in [3.05, 3.63) is 0 Å². The zero-order chi connectivity index (χ0) is 14.6. The van der Waals surface area contributed by atoms with E-state index in [1.165, 1.54) is 0 Å². The van der Waals surface area contributed by atoms with E-state index in [0.29, 0.717) is 5.92 Å². The summed E-state index contributed by atoms with van der Waals surface area (Å²) in [5.41, 5.74) is 13.4. The van der Waals surface area contributed by atoms with E-state index in [2.05, 4.69) is 84.0 Å². The van der Waals surface area contributed by atoms with E-state index in [0.717, 1.165) is 6.42 Å². The van der Waals surface area contributed by atoms with Crippen LogP contribution in [0.25, 0.3) is 0 Å². The fourth-order valence-corrected chi connectivity index (χ4v) is 1.60. The molecule has 0 aromatic heterocycles. The van der Waals surface area contributed by atoms with Crippen molar-refractivity contribution < 1.29 is 0 Å². The molecule has 0 fully saturated rings. The standard InChI is InChI=1S/C14H34N4/c1-11(2)10-14(9,17-15-12(3,4)5)18-16-13(6,7)8/h11,15-18H,10H2,1-9H3. The Kier molecular flexibility index (Phi) is 6.27. The third kappa shape index (κ3) is 9.83. The van der Waals surface area contributed by atoms with E-state index in [-0.39, 0.29) is 16.7 Å².